The number of unbranched alkanes of at least 4 members (excludes halogenated alkanes) is 16. The molecule has 1 unspecified atom stereocenters. The molecule has 0 saturated heterocycles. The second kappa shape index (κ2) is 68.0. The van der Waals surface area contributed by atoms with Crippen LogP contribution < -0.4 is 0 Å². The molecule has 0 aromatic rings. The van der Waals surface area contributed by atoms with Gasteiger partial charge in [-0.15, -0.1) is 0 Å². The molecule has 0 rings (SSSR count). The zero-order valence-corrected chi connectivity index (χ0v) is 51.0. The van der Waals surface area contributed by atoms with Crippen molar-refractivity contribution >= 4 is 11.9 Å². The van der Waals surface area contributed by atoms with E-state index in [0.29, 0.717) is 12.8 Å². The first kappa shape index (κ1) is 74.7. The first-order valence-corrected chi connectivity index (χ1v) is 32.0. The van der Waals surface area contributed by atoms with Crippen LogP contribution >= 0.6 is 0 Å². The molecule has 0 bridgehead atoms. The SMILES string of the molecule is CC/C=C\C/C=C\C/C=C\C/C=C\C/C=C\C/C=C\C/C=C\C/C=C\C/C=C\C/C=C\CCCCC(=O)OC(CO)COC(=O)CCCCCCCCCCCCCCCC/C=C\C/C=C\C/C=C\C/C=C\C/C=C\C/C=C\CC. The lowest BCUT2D eigenvalue weighted by Gasteiger charge is -2.15. The summed E-state index contributed by atoms with van der Waals surface area (Å²) in [6.07, 6.45) is 108. The van der Waals surface area contributed by atoms with Gasteiger partial charge in [-0.05, 0) is 141 Å². The number of ether oxygens (including phenoxy) is 2. The van der Waals surface area contributed by atoms with Gasteiger partial charge in [0.25, 0.3) is 0 Å². The molecular formula is C75H116O5. The van der Waals surface area contributed by atoms with Gasteiger partial charge in [0, 0.05) is 12.8 Å². The van der Waals surface area contributed by atoms with Crippen molar-refractivity contribution in [2.75, 3.05) is 13.2 Å². The minimum Gasteiger partial charge on any atom is -0.462 e. The van der Waals surface area contributed by atoms with E-state index < -0.39 is 6.10 Å². The molecule has 446 valence electrons. The third kappa shape index (κ3) is 65.3. The molecule has 1 N–H and O–H groups in total. The average Bonchev–Trinajstić information content (AvgIpc) is 3.46. The number of allylic oxidation sites excluding steroid dienone is 32. The van der Waals surface area contributed by atoms with Gasteiger partial charge in [0.2, 0.25) is 0 Å². The summed E-state index contributed by atoms with van der Waals surface area (Å²) < 4.78 is 10.7. The van der Waals surface area contributed by atoms with Crippen molar-refractivity contribution in [3.8, 4) is 0 Å². The maximum absolute atomic E-state index is 12.3. The largest absolute Gasteiger partial charge is 0.462 e. The fourth-order valence-electron chi connectivity index (χ4n) is 8.17. The minimum atomic E-state index is -0.812. The Kier molecular flexibility index (Phi) is 63.5. The molecule has 1 atom stereocenters. The molecule has 5 nitrogen and oxygen atoms in total. The maximum Gasteiger partial charge on any atom is 0.306 e. The maximum atomic E-state index is 12.3. The number of rotatable bonds is 56. The van der Waals surface area contributed by atoms with E-state index in [4.69, 9.17) is 9.47 Å². The lowest BCUT2D eigenvalue weighted by molar-refractivity contribution is -0.161. The van der Waals surface area contributed by atoms with Gasteiger partial charge >= 0.3 is 11.9 Å². The summed E-state index contributed by atoms with van der Waals surface area (Å²) in [5.74, 6) is -0.654. The van der Waals surface area contributed by atoms with E-state index in [1.807, 2.05) is 0 Å². The fourth-order valence-corrected chi connectivity index (χ4v) is 8.17. The Morgan fingerprint density at radius 2 is 0.500 bits per heavy atom. The summed E-state index contributed by atoms with van der Waals surface area (Å²) in [7, 11) is 0. The van der Waals surface area contributed by atoms with Crippen molar-refractivity contribution in [1.29, 1.82) is 0 Å². The normalized spacial score (nSPS) is 13.6. The number of hydrogen-bond acceptors (Lipinski definition) is 5. The molecule has 0 aromatic heterocycles. The van der Waals surface area contributed by atoms with Crippen molar-refractivity contribution in [3.05, 3.63) is 194 Å². The van der Waals surface area contributed by atoms with E-state index in [9.17, 15) is 14.7 Å². The monoisotopic (exact) mass is 1100 g/mol. The predicted octanol–water partition coefficient (Wildman–Crippen LogP) is 22.4. The number of hydrogen-bond donors (Lipinski definition) is 1. The van der Waals surface area contributed by atoms with Crippen molar-refractivity contribution in [1.82, 2.24) is 0 Å². The van der Waals surface area contributed by atoms with Gasteiger partial charge in [-0.3, -0.25) is 9.59 Å². The highest BCUT2D eigenvalue weighted by Gasteiger charge is 2.16. The van der Waals surface area contributed by atoms with Crippen molar-refractivity contribution in [3.63, 3.8) is 0 Å². The van der Waals surface area contributed by atoms with Crippen LogP contribution in [0.3, 0.4) is 0 Å². The molecule has 0 aliphatic carbocycles. The van der Waals surface area contributed by atoms with Crippen LogP contribution in [-0.4, -0.2) is 36.4 Å². The predicted molar refractivity (Wildman–Crippen MR) is 352 cm³/mol. The second-order valence-corrected chi connectivity index (χ2v) is 20.4. The van der Waals surface area contributed by atoms with Crippen LogP contribution in [0.25, 0.3) is 0 Å². The number of aliphatic hydroxyl groups excluding tert-OH is 1. The highest BCUT2D eigenvalue weighted by molar-refractivity contribution is 5.70. The van der Waals surface area contributed by atoms with Crippen LogP contribution in [-0.2, 0) is 19.1 Å². The standard InChI is InChI=1S/C75H116O5/c1-3-5-7-9-11-13-15-17-19-21-23-25-27-29-31-33-35-37-39-41-43-45-47-49-51-53-55-57-59-61-63-65-67-69-74(77)79-72-73(71-76)80-75(78)70-68-66-64-62-60-58-56-54-52-50-48-46-44-42-40-38-36-34-32-30-28-26-24-22-20-18-16-14-12-10-8-6-4-2/h5-8,11-14,17-20,23-26,29-32,35-38,42,44,48,50,54,56,60,62,73,76H,3-4,9-10,15-16,21-22,27-28,33-34,39-41,43,45-47,49,51-53,55,57-59,61,63-72H2,1-2H3/b7-5-,8-6-,13-11-,14-12-,19-17-,20-18-,25-23-,26-24-,31-29-,32-30-,37-35-,38-36-,44-42-,50-48-,56-54-,62-60-. The van der Waals surface area contributed by atoms with E-state index >= 15 is 0 Å². The summed E-state index contributed by atoms with van der Waals surface area (Å²) in [6, 6.07) is 0. The van der Waals surface area contributed by atoms with Crippen LogP contribution in [0.1, 0.15) is 245 Å². The summed E-state index contributed by atoms with van der Waals surface area (Å²) >= 11 is 0. The fraction of sp³-hybridized carbons (Fsp3) is 0.547. The Balaban J connectivity index is 3.64. The lowest BCUT2D eigenvalue weighted by Crippen LogP contribution is -2.28. The van der Waals surface area contributed by atoms with Gasteiger partial charge in [0.1, 0.15) is 6.61 Å². The van der Waals surface area contributed by atoms with Gasteiger partial charge in [-0.1, -0.05) is 285 Å². The number of esters is 2. The Bertz CT molecular complexity index is 1870. The van der Waals surface area contributed by atoms with Gasteiger partial charge < -0.3 is 14.6 Å². The topological polar surface area (TPSA) is 72.8 Å². The number of carbonyl (C=O) groups excluding carboxylic acids is 2. The Labute approximate surface area is 492 Å². The van der Waals surface area contributed by atoms with Crippen LogP contribution in [0, 0.1) is 0 Å². The molecular weight excluding hydrogens is 981 g/mol. The van der Waals surface area contributed by atoms with Gasteiger partial charge in [-0.2, -0.15) is 0 Å². The van der Waals surface area contributed by atoms with Crippen LogP contribution in [0.5, 0.6) is 0 Å². The molecule has 0 spiro atoms. The molecule has 0 radical (unpaired) electrons. The second-order valence-electron chi connectivity index (χ2n) is 20.4. The molecule has 80 heavy (non-hydrogen) atoms. The van der Waals surface area contributed by atoms with E-state index in [1.165, 1.54) is 77.0 Å². The minimum absolute atomic E-state index is 0.0963. The third-order valence-electron chi connectivity index (χ3n) is 12.9. The first-order chi connectivity index (χ1) is 39.6. The summed E-state index contributed by atoms with van der Waals surface area (Å²) in [6.45, 7) is 3.87. The quantitative estimate of drug-likeness (QED) is 0.0373. The third-order valence-corrected chi connectivity index (χ3v) is 12.9. The van der Waals surface area contributed by atoms with E-state index in [2.05, 4.69) is 208 Å². The highest BCUT2D eigenvalue weighted by atomic mass is 16.6. The zero-order valence-electron chi connectivity index (χ0n) is 51.0. The first-order valence-electron chi connectivity index (χ1n) is 32.0. The summed E-state index contributed by atoms with van der Waals surface area (Å²) in [5, 5.41) is 9.68. The summed E-state index contributed by atoms with van der Waals surface area (Å²) in [4.78, 5) is 24.6. The molecule has 0 aromatic carbocycles. The van der Waals surface area contributed by atoms with Crippen LogP contribution in [0.15, 0.2) is 194 Å². The highest BCUT2D eigenvalue weighted by Crippen LogP contribution is 2.15. The molecule has 0 heterocycles. The van der Waals surface area contributed by atoms with Crippen molar-refractivity contribution < 1.29 is 24.2 Å². The molecule has 5 heteroatoms. The number of aliphatic hydroxyl groups is 1. The molecule has 0 amide bonds. The Morgan fingerprint density at radius 1 is 0.287 bits per heavy atom. The zero-order chi connectivity index (χ0) is 57.6. The average molecular weight is 1100 g/mol. The molecule has 0 fully saturated rings. The smallest absolute Gasteiger partial charge is 0.306 e. The molecule has 0 saturated carbocycles. The van der Waals surface area contributed by atoms with Crippen molar-refractivity contribution in [2.45, 2.75) is 251 Å². The Hall–Kier alpha value is -5.26. The van der Waals surface area contributed by atoms with Crippen molar-refractivity contribution in [2.24, 2.45) is 0 Å². The number of carbonyl (C=O) groups is 2. The van der Waals surface area contributed by atoms with Gasteiger partial charge in [0.15, 0.2) is 6.10 Å². The van der Waals surface area contributed by atoms with Gasteiger partial charge in [0.05, 0.1) is 6.61 Å². The molecule has 0 aliphatic rings. The lowest BCUT2D eigenvalue weighted by atomic mass is 10.0. The van der Waals surface area contributed by atoms with E-state index in [0.717, 1.165) is 135 Å². The van der Waals surface area contributed by atoms with Gasteiger partial charge in [-0.25, -0.2) is 0 Å². The van der Waals surface area contributed by atoms with E-state index in [1.54, 1.807) is 0 Å². The Morgan fingerprint density at radius 3 is 0.775 bits per heavy atom. The van der Waals surface area contributed by atoms with Crippen LogP contribution in [0.2, 0.25) is 0 Å². The summed E-state index contributed by atoms with van der Waals surface area (Å²) in [5.41, 5.74) is 0. The van der Waals surface area contributed by atoms with Crippen LogP contribution in [0.4, 0.5) is 0 Å². The van der Waals surface area contributed by atoms with E-state index in [-0.39, 0.29) is 31.6 Å². The molecule has 0 aliphatic heterocycles.